The van der Waals surface area contributed by atoms with Crippen molar-refractivity contribution in [2.75, 3.05) is 0 Å². The minimum absolute atomic E-state index is 0.530. The van der Waals surface area contributed by atoms with Gasteiger partial charge in [-0.25, -0.2) is 4.98 Å². The molecule has 0 amide bonds. The molecule has 0 aromatic carbocycles. The summed E-state index contributed by atoms with van der Waals surface area (Å²) >= 11 is 7.33. The van der Waals surface area contributed by atoms with Gasteiger partial charge in [0.2, 0.25) is 0 Å². The van der Waals surface area contributed by atoms with Gasteiger partial charge in [-0.15, -0.1) is 11.3 Å². The predicted octanol–water partition coefficient (Wildman–Crippen LogP) is 2.35. The Balaban J connectivity index is 2.19. The number of aromatic nitrogens is 3. The van der Waals surface area contributed by atoms with Gasteiger partial charge in [-0.05, 0) is 13.0 Å². The van der Waals surface area contributed by atoms with Gasteiger partial charge in [-0.2, -0.15) is 5.10 Å². The second-order valence-electron chi connectivity index (χ2n) is 2.70. The second-order valence-corrected chi connectivity index (χ2v) is 4.02. The smallest absolute Gasteiger partial charge is 0.151 e. The maximum Gasteiger partial charge on any atom is 0.151 e. The van der Waals surface area contributed by atoms with Gasteiger partial charge in [0.15, 0.2) is 5.15 Å². The van der Waals surface area contributed by atoms with Crippen LogP contribution in [0, 0.1) is 6.92 Å². The van der Waals surface area contributed by atoms with E-state index in [-0.39, 0.29) is 0 Å². The largest absolute Gasteiger partial charge is 0.266 e. The van der Waals surface area contributed by atoms with Gasteiger partial charge in [-0.3, -0.25) is 4.68 Å². The molecule has 13 heavy (non-hydrogen) atoms. The zero-order valence-electron chi connectivity index (χ0n) is 7.07. The first-order chi connectivity index (χ1) is 6.25. The van der Waals surface area contributed by atoms with Gasteiger partial charge in [0.1, 0.15) is 0 Å². The Kier molecular flexibility index (Phi) is 2.33. The molecule has 2 aromatic rings. The zero-order valence-corrected chi connectivity index (χ0v) is 8.64. The van der Waals surface area contributed by atoms with Crippen molar-refractivity contribution >= 4 is 22.9 Å². The van der Waals surface area contributed by atoms with E-state index in [1.54, 1.807) is 17.4 Å². The first kappa shape index (κ1) is 8.72. The van der Waals surface area contributed by atoms with Crippen molar-refractivity contribution in [3.63, 3.8) is 0 Å². The lowest BCUT2D eigenvalue weighted by molar-refractivity contribution is 0.691. The van der Waals surface area contributed by atoms with Crippen molar-refractivity contribution in [2.45, 2.75) is 13.5 Å². The van der Waals surface area contributed by atoms with Crippen LogP contribution in [0.1, 0.15) is 10.6 Å². The summed E-state index contributed by atoms with van der Waals surface area (Å²) in [6.07, 6.45) is 1.86. The molecule has 0 aliphatic rings. The molecule has 0 aliphatic carbocycles. The summed E-state index contributed by atoms with van der Waals surface area (Å²) in [4.78, 5) is 5.39. The summed E-state index contributed by atoms with van der Waals surface area (Å²) in [7, 11) is 0. The van der Waals surface area contributed by atoms with Gasteiger partial charge in [-0.1, -0.05) is 11.6 Å². The van der Waals surface area contributed by atoms with Crippen LogP contribution in [0.4, 0.5) is 0 Å². The third-order valence-corrected chi connectivity index (χ3v) is 2.88. The Labute approximate surface area is 85.0 Å². The first-order valence-electron chi connectivity index (χ1n) is 3.83. The van der Waals surface area contributed by atoms with Crippen molar-refractivity contribution in [1.82, 2.24) is 14.8 Å². The van der Waals surface area contributed by atoms with Crippen LogP contribution in [0.25, 0.3) is 0 Å². The van der Waals surface area contributed by atoms with Crippen LogP contribution in [0.2, 0.25) is 5.15 Å². The number of hydrogen-bond acceptors (Lipinski definition) is 3. The summed E-state index contributed by atoms with van der Waals surface area (Å²) in [5.74, 6) is 0. The van der Waals surface area contributed by atoms with Gasteiger partial charge in [0, 0.05) is 11.1 Å². The van der Waals surface area contributed by atoms with E-state index in [1.165, 1.54) is 4.88 Å². The van der Waals surface area contributed by atoms with Crippen LogP contribution in [0.5, 0.6) is 0 Å². The van der Waals surface area contributed by atoms with E-state index in [0.717, 1.165) is 12.2 Å². The summed E-state index contributed by atoms with van der Waals surface area (Å²) in [6, 6.07) is 1.78. The highest BCUT2D eigenvalue weighted by Gasteiger charge is 2.02. The highest BCUT2D eigenvalue weighted by Crippen LogP contribution is 2.14. The minimum atomic E-state index is 0.530. The molecule has 0 bridgehead atoms. The predicted molar refractivity (Wildman–Crippen MR) is 53.2 cm³/mol. The van der Waals surface area contributed by atoms with Gasteiger partial charge < -0.3 is 0 Å². The third-order valence-electron chi connectivity index (χ3n) is 1.76. The normalized spacial score (nSPS) is 10.6. The molecule has 2 rings (SSSR count). The fraction of sp³-hybridized carbons (Fsp3) is 0.250. The fourth-order valence-electron chi connectivity index (χ4n) is 1.05. The maximum absolute atomic E-state index is 5.70. The molecule has 0 atom stereocenters. The molecule has 0 saturated heterocycles. The molecular weight excluding hydrogens is 206 g/mol. The van der Waals surface area contributed by atoms with Crippen molar-refractivity contribution < 1.29 is 0 Å². The van der Waals surface area contributed by atoms with E-state index >= 15 is 0 Å². The molecule has 0 fully saturated rings. The Morgan fingerprint density at radius 3 is 3.00 bits per heavy atom. The van der Waals surface area contributed by atoms with E-state index in [2.05, 4.69) is 10.1 Å². The van der Waals surface area contributed by atoms with Crippen LogP contribution in [0.3, 0.4) is 0 Å². The van der Waals surface area contributed by atoms with Crippen LogP contribution in [-0.4, -0.2) is 14.8 Å². The van der Waals surface area contributed by atoms with Crippen LogP contribution in [0.15, 0.2) is 17.8 Å². The van der Waals surface area contributed by atoms with Crippen molar-refractivity contribution in [2.24, 2.45) is 0 Å². The van der Waals surface area contributed by atoms with Crippen LogP contribution in [-0.2, 0) is 6.54 Å². The quantitative estimate of drug-likeness (QED) is 0.767. The Bertz CT molecular complexity index is 407. The molecule has 0 unspecified atom stereocenters. The lowest BCUT2D eigenvalue weighted by atomic mass is 10.4. The molecular formula is C8H8ClN3S. The number of rotatable bonds is 2. The molecule has 2 aromatic heterocycles. The first-order valence-corrected chi connectivity index (χ1v) is 5.09. The van der Waals surface area contributed by atoms with Gasteiger partial charge >= 0.3 is 0 Å². The Morgan fingerprint density at radius 1 is 1.62 bits per heavy atom. The highest BCUT2D eigenvalue weighted by molar-refractivity contribution is 7.09. The molecule has 2 heterocycles. The van der Waals surface area contributed by atoms with E-state index in [4.69, 9.17) is 11.6 Å². The van der Waals surface area contributed by atoms with E-state index in [1.807, 2.05) is 23.3 Å². The summed E-state index contributed by atoms with van der Waals surface area (Å²) in [5, 5.41) is 4.62. The monoisotopic (exact) mass is 213 g/mol. The van der Waals surface area contributed by atoms with Gasteiger partial charge in [0.25, 0.3) is 0 Å². The molecule has 0 radical (unpaired) electrons. The lowest BCUT2D eigenvalue weighted by Gasteiger charge is -1.98. The topological polar surface area (TPSA) is 30.7 Å². The maximum atomic E-state index is 5.70. The average Bonchev–Trinajstić information content (AvgIpc) is 2.64. The number of hydrogen-bond donors (Lipinski definition) is 0. The van der Waals surface area contributed by atoms with Gasteiger partial charge in [0.05, 0.1) is 17.7 Å². The Hall–Kier alpha value is -0.870. The fourth-order valence-corrected chi connectivity index (χ4v) is 1.97. The molecule has 68 valence electrons. The summed E-state index contributed by atoms with van der Waals surface area (Å²) in [6.45, 7) is 2.75. The van der Waals surface area contributed by atoms with E-state index in [0.29, 0.717) is 5.15 Å². The average molecular weight is 214 g/mol. The Morgan fingerprint density at radius 2 is 2.46 bits per heavy atom. The molecule has 5 heteroatoms. The summed E-state index contributed by atoms with van der Waals surface area (Å²) < 4.78 is 1.81. The number of nitrogens with zero attached hydrogens (tertiary/aromatic N) is 3. The van der Waals surface area contributed by atoms with Crippen LogP contribution >= 0.6 is 22.9 Å². The van der Waals surface area contributed by atoms with Crippen molar-refractivity contribution in [3.8, 4) is 0 Å². The third kappa shape index (κ3) is 1.89. The van der Waals surface area contributed by atoms with E-state index < -0.39 is 0 Å². The highest BCUT2D eigenvalue weighted by atomic mass is 35.5. The SMILES string of the molecule is Cc1ncsc1Cn1ccc(Cl)n1. The molecule has 3 nitrogen and oxygen atoms in total. The van der Waals surface area contributed by atoms with Crippen LogP contribution < -0.4 is 0 Å². The molecule has 0 aliphatic heterocycles. The summed E-state index contributed by atoms with van der Waals surface area (Å²) in [5.41, 5.74) is 2.91. The molecule has 0 N–H and O–H groups in total. The number of halogens is 1. The number of aryl methyl sites for hydroxylation is 1. The second kappa shape index (κ2) is 3.47. The van der Waals surface area contributed by atoms with Crippen molar-refractivity contribution in [1.29, 1.82) is 0 Å². The molecule has 0 saturated carbocycles. The number of thiazole rings is 1. The van der Waals surface area contributed by atoms with Crippen molar-refractivity contribution in [3.05, 3.63) is 33.5 Å². The lowest BCUT2D eigenvalue weighted by Crippen LogP contribution is -1.99. The zero-order chi connectivity index (χ0) is 9.26. The minimum Gasteiger partial charge on any atom is -0.266 e. The standard InChI is InChI=1S/C8H8ClN3S/c1-6-7(13-5-10-6)4-12-3-2-8(9)11-12/h2-3,5H,4H2,1H3. The molecule has 0 spiro atoms. The van der Waals surface area contributed by atoms with E-state index in [9.17, 15) is 0 Å².